The van der Waals surface area contributed by atoms with Crippen molar-refractivity contribution >= 4 is 34.2 Å². The van der Waals surface area contributed by atoms with Crippen molar-refractivity contribution in [3.05, 3.63) is 81.5 Å². The predicted octanol–water partition coefficient (Wildman–Crippen LogP) is 4.74. The SMILES string of the molecule is CCN(CC)CCn1c2ccccc2n2nc(C)c(C(=O)/C=C/c3ccc([N+](=O)[O-])cc3)c12. The van der Waals surface area contributed by atoms with E-state index in [0.29, 0.717) is 11.3 Å². The standard InChI is InChI=1S/C25H27N5O3/c1-4-27(5-2)16-17-28-21-8-6-7-9-22(21)29-25(28)24(18(3)26-29)23(31)15-12-19-10-13-20(14-11-19)30(32)33/h6-15H,4-5,16-17H2,1-3H3/b15-12+. The molecule has 0 aliphatic heterocycles. The van der Waals surface area contributed by atoms with Crippen LogP contribution in [0.1, 0.15) is 35.5 Å². The predicted molar refractivity (Wildman–Crippen MR) is 130 cm³/mol. The number of rotatable bonds is 9. The van der Waals surface area contributed by atoms with Crippen LogP contribution in [0.4, 0.5) is 5.69 Å². The van der Waals surface area contributed by atoms with Crippen LogP contribution in [0.15, 0.2) is 54.6 Å². The Morgan fingerprint density at radius 1 is 1.09 bits per heavy atom. The van der Waals surface area contributed by atoms with Crippen LogP contribution in [0.25, 0.3) is 22.8 Å². The largest absolute Gasteiger partial charge is 0.322 e. The number of aromatic nitrogens is 3. The minimum absolute atomic E-state index is 0.0189. The molecule has 0 aliphatic carbocycles. The van der Waals surface area contributed by atoms with Gasteiger partial charge in [-0.25, -0.2) is 4.52 Å². The Balaban J connectivity index is 1.74. The lowest BCUT2D eigenvalue weighted by Gasteiger charge is -2.18. The monoisotopic (exact) mass is 445 g/mol. The molecule has 0 spiro atoms. The topological polar surface area (TPSA) is 85.7 Å². The van der Waals surface area contributed by atoms with Crippen molar-refractivity contribution in [2.75, 3.05) is 19.6 Å². The van der Waals surface area contributed by atoms with Crippen LogP contribution in [0.5, 0.6) is 0 Å². The van der Waals surface area contributed by atoms with Crippen LogP contribution in [-0.2, 0) is 6.54 Å². The summed E-state index contributed by atoms with van der Waals surface area (Å²) in [4.78, 5) is 26.1. The summed E-state index contributed by atoms with van der Waals surface area (Å²) in [7, 11) is 0. The van der Waals surface area contributed by atoms with Crippen molar-refractivity contribution in [1.82, 2.24) is 19.1 Å². The quantitative estimate of drug-likeness (QED) is 0.161. The van der Waals surface area contributed by atoms with Gasteiger partial charge in [-0.2, -0.15) is 5.10 Å². The van der Waals surface area contributed by atoms with Gasteiger partial charge in [-0.3, -0.25) is 14.9 Å². The van der Waals surface area contributed by atoms with Gasteiger partial charge in [-0.1, -0.05) is 32.1 Å². The summed E-state index contributed by atoms with van der Waals surface area (Å²) in [6.45, 7) is 9.70. The number of para-hydroxylation sites is 2. The van der Waals surface area contributed by atoms with Crippen LogP contribution < -0.4 is 0 Å². The number of imidazole rings is 1. The first-order valence-corrected chi connectivity index (χ1v) is 11.1. The molecule has 0 radical (unpaired) electrons. The molecule has 2 aromatic carbocycles. The highest BCUT2D eigenvalue weighted by Crippen LogP contribution is 2.26. The average molecular weight is 446 g/mol. The van der Waals surface area contributed by atoms with Gasteiger partial charge >= 0.3 is 0 Å². The van der Waals surface area contributed by atoms with E-state index in [0.717, 1.165) is 48.4 Å². The molecular weight excluding hydrogens is 418 g/mol. The van der Waals surface area contributed by atoms with Crippen molar-refractivity contribution in [1.29, 1.82) is 0 Å². The minimum Gasteiger partial charge on any atom is -0.322 e. The highest BCUT2D eigenvalue weighted by atomic mass is 16.6. The maximum atomic E-state index is 13.3. The first kappa shape index (κ1) is 22.4. The number of nitrogens with zero attached hydrogens (tertiary/aromatic N) is 5. The van der Waals surface area contributed by atoms with Crippen molar-refractivity contribution in [3.8, 4) is 0 Å². The van der Waals surface area contributed by atoms with Gasteiger partial charge in [0.15, 0.2) is 5.78 Å². The number of fused-ring (bicyclic) bond motifs is 3. The zero-order valence-electron chi connectivity index (χ0n) is 19.1. The van der Waals surface area contributed by atoms with Crippen molar-refractivity contribution in [2.45, 2.75) is 27.3 Å². The van der Waals surface area contributed by atoms with E-state index in [4.69, 9.17) is 0 Å². The van der Waals surface area contributed by atoms with E-state index in [1.165, 1.54) is 18.2 Å². The summed E-state index contributed by atoms with van der Waals surface area (Å²) < 4.78 is 4.04. The molecule has 8 nitrogen and oxygen atoms in total. The van der Waals surface area contributed by atoms with Gasteiger partial charge in [0.2, 0.25) is 0 Å². The van der Waals surface area contributed by atoms with Crippen molar-refractivity contribution in [3.63, 3.8) is 0 Å². The number of allylic oxidation sites excluding steroid dienone is 1. The molecule has 4 aromatic rings. The molecule has 33 heavy (non-hydrogen) atoms. The minimum atomic E-state index is -0.442. The maximum absolute atomic E-state index is 13.3. The van der Waals surface area contributed by atoms with E-state index < -0.39 is 4.92 Å². The Kier molecular flexibility index (Phi) is 6.37. The average Bonchev–Trinajstić information content (AvgIpc) is 3.31. The van der Waals surface area contributed by atoms with Gasteiger partial charge < -0.3 is 9.47 Å². The van der Waals surface area contributed by atoms with E-state index in [2.05, 4.69) is 34.5 Å². The lowest BCUT2D eigenvalue weighted by atomic mass is 10.1. The van der Waals surface area contributed by atoms with Gasteiger partial charge in [-0.05, 0) is 55.9 Å². The molecule has 0 N–H and O–H groups in total. The van der Waals surface area contributed by atoms with E-state index in [1.54, 1.807) is 18.2 Å². The number of hydrogen-bond donors (Lipinski definition) is 0. The van der Waals surface area contributed by atoms with Crippen molar-refractivity contribution in [2.24, 2.45) is 0 Å². The van der Waals surface area contributed by atoms with Crippen LogP contribution in [-0.4, -0.2) is 49.4 Å². The Morgan fingerprint density at radius 3 is 2.39 bits per heavy atom. The van der Waals surface area contributed by atoms with Crippen LogP contribution >= 0.6 is 0 Å². The van der Waals surface area contributed by atoms with Crippen LogP contribution in [0.2, 0.25) is 0 Å². The summed E-state index contributed by atoms with van der Waals surface area (Å²) in [6.07, 6.45) is 3.19. The van der Waals surface area contributed by atoms with Gasteiger partial charge in [0, 0.05) is 25.2 Å². The van der Waals surface area contributed by atoms with Crippen LogP contribution in [0, 0.1) is 17.0 Å². The summed E-state index contributed by atoms with van der Waals surface area (Å²) in [5, 5.41) is 15.5. The number of ketones is 1. The molecule has 2 heterocycles. The molecule has 0 bridgehead atoms. The Bertz CT molecular complexity index is 1340. The molecule has 0 fully saturated rings. The van der Waals surface area contributed by atoms with Gasteiger partial charge in [-0.15, -0.1) is 0 Å². The van der Waals surface area contributed by atoms with E-state index in [9.17, 15) is 14.9 Å². The molecule has 4 rings (SSSR count). The number of carbonyl (C=O) groups is 1. The molecular formula is C25H27N5O3. The molecule has 0 saturated heterocycles. The number of benzene rings is 2. The number of non-ortho nitro benzene ring substituents is 1. The van der Waals surface area contributed by atoms with E-state index in [1.807, 2.05) is 29.6 Å². The highest BCUT2D eigenvalue weighted by Gasteiger charge is 2.22. The van der Waals surface area contributed by atoms with Gasteiger partial charge in [0.1, 0.15) is 5.65 Å². The summed E-state index contributed by atoms with van der Waals surface area (Å²) >= 11 is 0. The third-order valence-corrected chi connectivity index (χ3v) is 6.00. The number of aryl methyl sites for hydroxylation is 1. The zero-order valence-corrected chi connectivity index (χ0v) is 19.1. The second-order valence-electron chi connectivity index (χ2n) is 7.91. The van der Waals surface area contributed by atoms with E-state index >= 15 is 0 Å². The molecule has 0 aliphatic rings. The second kappa shape index (κ2) is 9.38. The lowest BCUT2D eigenvalue weighted by molar-refractivity contribution is -0.384. The van der Waals surface area contributed by atoms with Gasteiger partial charge in [0.25, 0.3) is 5.69 Å². The summed E-state index contributed by atoms with van der Waals surface area (Å²) in [5.41, 5.74) is 4.78. The fraction of sp³-hybridized carbons (Fsp3) is 0.280. The summed E-state index contributed by atoms with van der Waals surface area (Å²) in [5.74, 6) is -0.146. The number of likely N-dealkylation sites (N-methyl/N-ethyl adjacent to an activating group) is 1. The molecule has 0 unspecified atom stereocenters. The molecule has 0 atom stereocenters. The van der Waals surface area contributed by atoms with E-state index in [-0.39, 0.29) is 11.5 Å². The first-order valence-electron chi connectivity index (χ1n) is 11.1. The molecule has 8 heteroatoms. The lowest BCUT2D eigenvalue weighted by Crippen LogP contribution is -2.27. The Morgan fingerprint density at radius 2 is 1.76 bits per heavy atom. The Hall–Kier alpha value is -3.78. The molecule has 2 aromatic heterocycles. The zero-order chi connectivity index (χ0) is 23.5. The van der Waals surface area contributed by atoms with Crippen molar-refractivity contribution < 1.29 is 9.72 Å². The first-order chi connectivity index (χ1) is 15.9. The fourth-order valence-corrected chi connectivity index (χ4v) is 4.18. The molecule has 0 amide bonds. The third-order valence-electron chi connectivity index (χ3n) is 6.00. The maximum Gasteiger partial charge on any atom is 0.269 e. The summed E-state index contributed by atoms with van der Waals surface area (Å²) in [6, 6.07) is 14.2. The highest BCUT2D eigenvalue weighted by molar-refractivity contribution is 6.12. The fourth-order valence-electron chi connectivity index (χ4n) is 4.18. The molecule has 170 valence electrons. The smallest absolute Gasteiger partial charge is 0.269 e. The number of nitro benzene ring substituents is 1. The number of carbonyl (C=O) groups excluding carboxylic acids is 1. The molecule has 0 saturated carbocycles. The number of nitro groups is 1. The Labute approximate surface area is 191 Å². The number of hydrogen-bond acceptors (Lipinski definition) is 5. The third kappa shape index (κ3) is 4.29. The normalized spacial score (nSPS) is 11.9. The second-order valence-corrected chi connectivity index (χ2v) is 7.91. The van der Waals surface area contributed by atoms with Crippen LogP contribution in [0.3, 0.4) is 0 Å². The van der Waals surface area contributed by atoms with Gasteiger partial charge in [0.05, 0.1) is 27.2 Å².